The van der Waals surface area contributed by atoms with Gasteiger partial charge in [-0.3, -0.25) is 14.7 Å². The van der Waals surface area contributed by atoms with Gasteiger partial charge in [-0.15, -0.1) is 0 Å². The lowest BCUT2D eigenvalue weighted by molar-refractivity contribution is -0.137. The van der Waals surface area contributed by atoms with Crippen molar-refractivity contribution < 1.29 is 31.6 Å². The molecule has 0 fully saturated rings. The van der Waals surface area contributed by atoms with E-state index in [2.05, 4.69) is 24.7 Å². The lowest BCUT2D eigenvalue weighted by atomic mass is 10.2. The molecule has 32 heavy (non-hydrogen) atoms. The van der Waals surface area contributed by atoms with Crippen LogP contribution in [0.5, 0.6) is 0 Å². The number of hydroxylamine groups is 1. The van der Waals surface area contributed by atoms with E-state index in [1.54, 1.807) is 0 Å². The van der Waals surface area contributed by atoms with Crippen LogP contribution in [0.3, 0.4) is 0 Å². The second-order valence-electron chi connectivity index (χ2n) is 5.76. The summed E-state index contributed by atoms with van der Waals surface area (Å²) in [6, 6.07) is 4.93. The number of benzene rings is 1. The maximum absolute atomic E-state index is 13.0. The third-order valence-corrected chi connectivity index (χ3v) is 6.13. The lowest BCUT2D eigenvalue weighted by Crippen LogP contribution is -2.21. The van der Waals surface area contributed by atoms with Gasteiger partial charge >= 0.3 is 12.1 Å². The molecular formula is C16H10ClF3N6O4S2. The summed E-state index contributed by atoms with van der Waals surface area (Å²) in [5.74, 6) is -1.28. The fraction of sp³-hybridized carbons (Fsp3) is 0.0625. The van der Waals surface area contributed by atoms with Crippen LogP contribution in [0.1, 0.15) is 16.2 Å². The summed E-state index contributed by atoms with van der Waals surface area (Å²) in [5, 5.41) is 8.35. The molecule has 0 aliphatic carbocycles. The van der Waals surface area contributed by atoms with Crippen LogP contribution in [0, 0.1) is 0 Å². The topological polar surface area (TPSA) is 147 Å². The molecule has 0 saturated heterocycles. The highest BCUT2D eigenvalue weighted by Crippen LogP contribution is 2.36. The zero-order valence-electron chi connectivity index (χ0n) is 15.3. The monoisotopic (exact) mass is 506 g/mol. The molecule has 3 rings (SSSR count). The molecule has 0 bridgehead atoms. The Morgan fingerprint density at radius 1 is 1.12 bits per heavy atom. The second-order valence-corrected chi connectivity index (χ2v) is 8.84. The standard InChI is InChI=1S/C16H10ClF3N6O4S2/c17-11-3-2-9(5-10(11)16(18,19)20)32(29,30)26-8-1-4-12(21-6-8)31-15-23-7-22-13(24-15)14(27)25-28/h1-7,26,28H,(H,25,27). The van der Waals surface area contributed by atoms with Crippen molar-refractivity contribution in [2.45, 2.75) is 21.3 Å². The number of anilines is 1. The van der Waals surface area contributed by atoms with E-state index in [1.165, 1.54) is 17.6 Å². The molecule has 16 heteroatoms. The van der Waals surface area contributed by atoms with Gasteiger partial charge in [0.2, 0.25) is 5.82 Å². The molecule has 2 heterocycles. The van der Waals surface area contributed by atoms with Crippen molar-refractivity contribution >= 4 is 45.0 Å². The van der Waals surface area contributed by atoms with Crippen molar-refractivity contribution in [1.29, 1.82) is 0 Å². The van der Waals surface area contributed by atoms with Crippen LogP contribution in [0.15, 0.2) is 57.9 Å². The molecule has 0 unspecified atom stereocenters. The molecular weight excluding hydrogens is 497 g/mol. The van der Waals surface area contributed by atoms with Crippen molar-refractivity contribution in [2.24, 2.45) is 0 Å². The van der Waals surface area contributed by atoms with E-state index in [4.69, 9.17) is 16.8 Å². The highest BCUT2D eigenvalue weighted by atomic mass is 35.5. The van der Waals surface area contributed by atoms with Gasteiger partial charge in [-0.05, 0) is 42.1 Å². The minimum atomic E-state index is -4.82. The number of sulfonamides is 1. The summed E-state index contributed by atoms with van der Waals surface area (Å²) in [6.45, 7) is 0. The molecule has 10 nitrogen and oxygen atoms in total. The zero-order valence-corrected chi connectivity index (χ0v) is 17.7. The van der Waals surface area contributed by atoms with E-state index in [0.717, 1.165) is 36.4 Å². The molecule has 1 aromatic carbocycles. The number of alkyl halides is 3. The molecule has 0 atom stereocenters. The van der Waals surface area contributed by atoms with Crippen LogP contribution >= 0.6 is 23.4 Å². The van der Waals surface area contributed by atoms with Gasteiger partial charge in [0.15, 0.2) is 5.16 Å². The van der Waals surface area contributed by atoms with Crippen molar-refractivity contribution in [3.63, 3.8) is 0 Å². The third kappa shape index (κ3) is 5.61. The molecule has 3 N–H and O–H groups in total. The minimum Gasteiger partial charge on any atom is -0.288 e. The quantitative estimate of drug-likeness (QED) is 0.339. The minimum absolute atomic E-state index is 0.0196. The number of pyridine rings is 1. The molecule has 0 aliphatic rings. The number of rotatable bonds is 6. The Bertz CT molecular complexity index is 1260. The number of hydrogen-bond donors (Lipinski definition) is 3. The van der Waals surface area contributed by atoms with Crippen LogP contribution in [-0.2, 0) is 16.2 Å². The van der Waals surface area contributed by atoms with Crippen LogP contribution in [0.4, 0.5) is 18.9 Å². The summed E-state index contributed by atoms with van der Waals surface area (Å²) < 4.78 is 66.0. The summed E-state index contributed by atoms with van der Waals surface area (Å²) in [6.07, 6.45) is -2.65. The normalized spacial score (nSPS) is 11.8. The average Bonchev–Trinajstić information content (AvgIpc) is 2.74. The predicted molar refractivity (Wildman–Crippen MR) is 105 cm³/mol. The van der Waals surface area contributed by atoms with E-state index in [9.17, 15) is 26.4 Å². The van der Waals surface area contributed by atoms with Crippen LogP contribution in [0.25, 0.3) is 0 Å². The molecule has 0 radical (unpaired) electrons. The highest BCUT2D eigenvalue weighted by Gasteiger charge is 2.34. The summed E-state index contributed by atoms with van der Waals surface area (Å²) in [7, 11) is -4.36. The van der Waals surface area contributed by atoms with Crippen molar-refractivity contribution in [3.8, 4) is 0 Å². The first kappa shape index (κ1) is 23.6. The molecule has 168 valence electrons. The van der Waals surface area contributed by atoms with Gasteiger partial charge in [0.1, 0.15) is 11.4 Å². The van der Waals surface area contributed by atoms with Crippen molar-refractivity contribution in [2.75, 3.05) is 4.72 Å². The van der Waals surface area contributed by atoms with E-state index in [-0.39, 0.29) is 16.7 Å². The molecule has 3 aromatic rings. The summed E-state index contributed by atoms with van der Waals surface area (Å²) >= 11 is 6.42. The maximum Gasteiger partial charge on any atom is 0.417 e. The van der Waals surface area contributed by atoms with Crippen molar-refractivity contribution in [3.05, 3.63) is 59.3 Å². The number of carbonyl (C=O) groups excluding carboxylic acids is 1. The SMILES string of the molecule is O=C(NO)c1ncnc(Sc2ccc(NS(=O)(=O)c3ccc(Cl)c(C(F)(F)F)c3)cn2)n1. The third-order valence-electron chi connectivity index (χ3n) is 3.59. The smallest absolute Gasteiger partial charge is 0.288 e. The average molecular weight is 507 g/mol. The first-order valence-corrected chi connectivity index (χ1v) is 10.8. The van der Waals surface area contributed by atoms with Crippen LogP contribution in [0.2, 0.25) is 5.02 Å². The molecule has 1 amide bonds. The number of nitrogens with one attached hydrogen (secondary N) is 2. The van der Waals surface area contributed by atoms with Gasteiger partial charge in [0.25, 0.3) is 10.0 Å². The molecule has 0 aliphatic heterocycles. The number of amides is 1. The predicted octanol–water partition coefficient (Wildman–Crippen LogP) is 3.01. The van der Waals surface area contributed by atoms with Gasteiger partial charge in [0.05, 0.1) is 27.4 Å². The first-order valence-electron chi connectivity index (χ1n) is 8.16. The number of hydrogen-bond acceptors (Lipinski definition) is 9. The molecule has 0 saturated carbocycles. The Morgan fingerprint density at radius 3 is 2.50 bits per heavy atom. The molecule has 0 spiro atoms. The van der Waals surface area contributed by atoms with Gasteiger partial charge < -0.3 is 0 Å². The second kappa shape index (κ2) is 9.23. The first-order chi connectivity index (χ1) is 15.0. The van der Waals surface area contributed by atoms with Gasteiger partial charge in [-0.1, -0.05) is 11.6 Å². The fourth-order valence-electron chi connectivity index (χ4n) is 2.19. The van der Waals surface area contributed by atoms with E-state index < -0.39 is 37.6 Å². The summed E-state index contributed by atoms with van der Waals surface area (Å²) in [5.41, 5.74) is 0.0795. The number of halogens is 4. The van der Waals surface area contributed by atoms with E-state index in [0.29, 0.717) is 11.1 Å². The largest absolute Gasteiger partial charge is 0.417 e. The molecule has 2 aromatic heterocycles. The van der Waals surface area contributed by atoms with E-state index >= 15 is 0 Å². The fourth-order valence-corrected chi connectivity index (χ4v) is 4.14. The summed E-state index contributed by atoms with van der Waals surface area (Å²) in [4.78, 5) is 25.9. The Hall–Kier alpha value is -3.01. The zero-order chi connectivity index (χ0) is 23.5. The number of nitrogens with zero attached hydrogens (tertiary/aromatic N) is 4. The Balaban J connectivity index is 1.77. The number of carbonyl (C=O) groups is 1. The Kier molecular flexibility index (Phi) is 6.82. The lowest BCUT2D eigenvalue weighted by Gasteiger charge is -2.12. The van der Waals surface area contributed by atoms with Gasteiger partial charge in [-0.2, -0.15) is 18.2 Å². The van der Waals surface area contributed by atoms with Crippen molar-refractivity contribution in [1.82, 2.24) is 25.4 Å². The maximum atomic E-state index is 13.0. The van der Waals surface area contributed by atoms with Crippen LogP contribution in [-0.4, -0.2) is 39.5 Å². The van der Waals surface area contributed by atoms with Gasteiger partial charge in [-0.25, -0.2) is 28.8 Å². The Morgan fingerprint density at radius 2 is 1.88 bits per heavy atom. The highest BCUT2D eigenvalue weighted by molar-refractivity contribution is 7.99. The Labute approximate surface area is 187 Å². The van der Waals surface area contributed by atoms with Crippen LogP contribution < -0.4 is 10.2 Å². The van der Waals surface area contributed by atoms with Gasteiger partial charge in [0, 0.05) is 0 Å². The number of aromatic nitrogens is 4. The van der Waals surface area contributed by atoms with E-state index in [1.807, 2.05) is 0 Å².